The zero-order valence-corrected chi connectivity index (χ0v) is 9.03. The largest absolute Gasteiger partial charge is 0.0839 e. The quantitative estimate of drug-likeness (QED) is 0.647. The van der Waals surface area contributed by atoms with Crippen molar-refractivity contribution in [3.05, 3.63) is 53.1 Å². The molecule has 2 rings (SSSR count). The first kappa shape index (κ1) is 9.63. The summed E-state index contributed by atoms with van der Waals surface area (Å²) in [7, 11) is 0. The lowest BCUT2D eigenvalue weighted by Crippen LogP contribution is -2.00. The Morgan fingerprint density at radius 1 is 1.43 bits per heavy atom. The van der Waals surface area contributed by atoms with Gasteiger partial charge >= 0.3 is 0 Å². The van der Waals surface area contributed by atoms with Crippen LogP contribution in [0.15, 0.2) is 36.4 Å². The number of halogens is 1. The van der Waals surface area contributed by atoms with Gasteiger partial charge in [0.25, 0.3) is 0 Å². The van der Waals surface area contributed by atoms with Crippen LogP contribution < -0.4 is 0 Å². The monoisotopic (exact) mass is 219 g/mol. The molecule has 2 heteroatoms. The minimum atomic E-state index is 0.705. The Kier molecular flexibility index (Phi) is 2.80. The van der Waals surface area contributed by atoms with Crippen LogP contribution in [0.1, 0.15) is 12.0 Å². The van der Waals surface area contributed by atoms with Gasteiger partial charge in [-0.05, 0) is 17.7 Å². The second kappa shape index (κ2) is 4.07. The van der Waals surface area contributed by atoms with Gasteiger partial charge in [0.1, 0.15) is 0 Å². The summed E-state index contributed by atoms with van der Waals surface area (Å²) in [5.41, 5.74) is 2.06. The molecule has 0 N–H and O–H groups in total. The summed E-state index contributed by atoms with van der Waals surface area (Å²) in [6.45, 7) is 0. The Balaban J connectivity index is 2.49. The molecule has 0 atom stereocenters. The Hall–Kier alpha value is -0.920. The van der Waals surface area contributed by atoms with E-state index < -0.39 is 0 Å². The van der Waals surface area contributed by atoms with Crippen LogP contribution in [-0.4, -0.2) is 4.86 Å². The third-order valence-corrected chi connectivity index (χ3v) is 2.81. The van der Waals surface area contributed by atoms with E-state index in [0.717, 1.165) is 22.4 Å². The maximum Gasteiger partial charge on any atom is 0.0490 e. The second-order valence-electron chi connectivity index (χ2n) is 3.04. The van der Waals surface area contributed by atoms with Gasteiger partial charge in [-0.1, -0.05) is 54.2 Å². The molecular formula is C12H8ClS. The van der Waals surface area contributed by atoms with Gasteiger partial charge in [-0.15, -0.1) is 0 Å². The predicted molar refractivity (Wildman–Crippen MR) is 64.6 cm³/mol. The number of benzene rings is 1. The van der Waals surface area contributed by atoms with Crippen LogP contribution in [-0.2, 0) is 0 Å². The molecule has 1 aromatic rings. The zero-order chi connectivity index (χ0) is 9.97. The van der Waals surface area contributed by atoms with E-state index in [-0.39, 0.29) is 0 Å². The number of thiocarbonyl (C=S) groups is 1. The average molecular weight is 220 g/mol. The highest BCUT2D eigenvalue weighted by Gasteiger charge is 2.11. The molecule has 1 aliphatic rings. The third-order valence-electron chi connectivity index (χ3n) is 2.11. The van der Waals surface area contributed by atoms with Crippen molar-refractivity contribution in [2.24, 2.45) is 0 Å². The molecule has 69 valence electrons. The molecule has 0 unspecified atom stereocenters. The summed E-state index contributed by atoms with van der Waals surface area (Å²) in [5.74, 6) is 0. The van der Waals surface area contributed by atoms with Gasteiger partial charge in [0.15, 0.2) is 0 Å². The van der Waals surface area contributed by atoms with E-state index >= 15 is 0 Å². The average Bonchev–Trinajstić information content (AvgIpc) is 2.20. The predicted octanol–water partition coefficient (Wildman–Crippen LogP) is 3.85. The smallest absolute Gasteiger partial charge is 0.0490 e. The van der Waals surface area contributed by atoms with Crippen molar-refractivity contribution in [3.8, 4) is 0 Å². The summed E-state index contributed by atoms with van der Waals surface area (Å²) in [5, 5.41) is 0.705. The number of hydrogen-bond acceptors (Lipinski definition) is 1. The molecule has 1 aliphatic carbocycles. The van der Waals surface area contributed by atoms with Gasteiger partial charge in [-0.25, -0.2) is 0 Å². The molecule has 0 bridgehead atoms. The Labute approximate surface area is 93.9 Å². The van der Waals surface area contributed by atoms with E-state index in [1.165, 1.54) is 0 Å². The molecule has 0 nitrogen and oxygen atoms in total. The van der Waals surface area contributed by atoms with E-state index in [2.05, 4.69) is 12.1 Å². The van der Waals surface area contributed by atoms with Gasteiger partial charge in [-0.2, -0.15) is 0 Å². The van der Waals surface area contributed by atoms with Gasteiger partial charge in [0.2, 0.25) is 0 Å². The number of hydrogen-bond donors (Lipinski definition) is 0. The van der Waals surface area contributed by atoms with Gasteiger partial charge in [0.05, 0.1) is 0 Å². The fourth-order valence-electron chi connectivity index (χ4n) is 1.41. The van der Waals surface area contributed by atoms with Crippen molar-refractivity contribution in [2.75, 3.05) is 0 Å². The first-order chi connectivity index (χ1) is 6.79. The highest BCUT2D eigenvalue weighted by molar-refractivity contribution is 7.81. The third kappa shape index (κ3) is 1.79. The standard InChI is InChI=1S/C12H8ClS/c13-11-7-3-1-5-9(11)10-6-2-4-8-12(10)14/h1-2,4-7H,8H2. The Morgan fingerprint density at radius 3 is 3.00 bits per heavy atom. The van der Waals surface area contributed by atoms with Gasteiger partial charge in [-0.3, -0.25) is 0 Å². The minimum Gasteiger partial charge on any atom is -0.0839 e. The molecular weight excluding hydrogens is 212 g/mol. The van der Waals surface area contributed by atoms with E-state index in [1.54, 1.807) is 6.07 Å². The van der Waals surface area contributed by atoms with Crippen molar-refractivity contribution in [1.82, 2.24) is 0 Å². The fourth-order valence-corrected chi connectivity index (χ4v) is 1.91. The van der Waals surface area contributed by atoms with Crippen LogP contribution in [0.2, 0.25) is 5.02 Å². The maximum absolute atomic E-state index is 6.07. The Bertz CT molecular complexity index is 430. The van der Waals surface area contributed by atoms with Crippen LogP contribution >= 0.6 is 23.8 Å². The van der Waals surface area contributed by atoms with Crippen LogP contribution in [0, 0.1) is 6.07 Å². The molecule has 0 spiro atoms. The summed E-state index contributed by atoms with van der Waals surface area (Å²) >= 11 is 11.3. The first-order valence-electron chi connectivity index (χ1n) is 4.35. The molecule has 0 amide bonds. The molecule has 1 radical (unpaired) electrons. The van der Waals surface area contributed by atoms with E-state index in [1.807, 2.05) is 24.3 Å². The SMILES string of the molecule is S=C1CC=CC=C1c1cc[c]cc1Cl. The summed E-state index contributed by atoms with van der Waals surface area (Å²) in [6.07, 6.45) is 6.90. The van der Waals surface area contributed by atoms with Crippen LogP contribution in [0.25, 0.3) is 5.57 Å². The molecule has 14 heavy (non-hydrogen) atoms. The van der Waals surface area contributed by atoms with Crippen molar-refractivity contribution in [1.29, 1.82) is 0 Å². The zero-order valence-electron chi connectivity index (χ0n) is 7.46. The summed E-state index contributed by atoms with van der Waals surface area (Å²) in [4.78, 5) is 0.945. The molecule has 0 heterocycles. The minimum absolute atomic E-state index is 0.705. The molecule has 1 aromatic carbocycles. The van der Waals surface area contributed by atoms with Crippen molar-refractivity contribution < 1.29 is 0 Å². The van der Waals surface area contributed by atoms with E-state index in [4.69, 9.17) is 23.8 Å². The highest BCUT2D eigenvalue weighted by atomic mass is 35.5. The number of allylic oxidation sites excluding steroid dienone is 4. The van der Waals surface area contributed by atoms with Crippen molar-refractivity contribution in [3.63, 3.8) is 0 Å². The normalized spacial score (nSPS) is 15.5. The highest BCUT2D eigenvalue weighted by Crippen LogP contribution is 2.27. The van der Waals surface area contributed by atoms with Gasteiger partial charge in [0, 0.05) is 21.9 Å². The van der Waals surface area contributed by atoms with Crippen LogP contribution in [0.5, 0.6) is 0 Å². The topological polar surface area (TPSA) is 0 Å². The fraction of sp³-hybridized carbons (Fsp3) is 0.0833. The Morgan fingerprint density at radius 2 is 2.29 bits per heavy atom. The van der Waals surface area contributed by atoms with Crippen molar-refractivity contribution in [2.45, 2.75) is 6.42 Å². The molecule has 0 fully saturated rings. The molecule has 0 saturated heterocycles. The van der Waals surface area contributed by atoms with E-state index in [9.17, 15) is 0 Å². The summed E-state index contributed by atoms with van der Waals surface area (Å²) in [6, 6.07) is 8.49. The second-order valence-corrected chi connectivity index (χ2v) is 3.94. The number of rotatable bonds is 1. The molecule has 0 aromatic heterocycles. The molecule has 0 aliphatic heterocycles. The summed E-state index contributed by atoms with van der Waals surface area (Å²) < 4.78 is 0. The van der Waals surface area contributed by atoms with Crippen molar-refractivity contribution >= 4 is 34.3 Å². The van der Waals surface area contributed by atoms with Crippen LogP contribution in [0.4, 0.5) is 0 Å². The lowest BCUT2D eigenvalue weighted by Gasteiger charge is -2.11. The van der Waals surface area contributed by atoms with Crippen LogP contribution in [0.3, 0.4) is 0 Å². The molecule has 0 saturated carbocycles. The van der Waals surface area contributed by atoms with E-state index in [0.29, 0.717) is 5.02 Å². The van der Waals surface area contributed by atoms with Gasteiger partial charge < -0.3 is 0 Å². The first-order valence-corrected chi connectivity index (χ1v) is 5.13. The lowest BCUT2D eigenvalue weighted by atomic mass is 9.97. The maximum atomic E-state index is 6.07. The lowest BCUT2D eigenvalue weighted by molar-refractivity contribution is 1.49.